The fraction of sp³-hybridized carbons (Fsp3) is 0.588. The molecule has 2 fully saturated rings. The van der Waals surface area contributed by atoms with Crippen molar-refractivity contribution in [2.24, 2.45) is 0 Å². The summed E-state index contributed by atoms with van der Waals surface area (Å²) in [5, 5.41) is 0.129. The van der Waals surface area contributed by atoms with E-state index >= 15 is 0 Å². The topological polar surface area (TPSA) is 66.9 Å². The van der Waals surface area contributed by atoms with Gasteiger partial charge in [0, 0.05) is 31.7 Å². The van der Waals surface area contributed by atoms with Crippen LogP contribution in [0.2, 0.25) is 5.02 Å². The van der Waals surface area contributed by atoms with Crippen LogP contribution in [0.3, 0.4) is 0 Å². The van der Waals surface area contributed by atoms with Crippen LogP contribution >= 0.6 is 11.6 Å². The quantitative estimate of drug-likeness (QED) is 0.799. The van der Waals surface area contributed by atoms with E-state index in [1.54, 1.807) is 11.0 Å². The number of rotatable bonds is 3. The number of amides is 1. The first kappa shape index (κ1) is 18.6. The molecule has 6 nitrogen and oxygen atoms in total. The molecule has 1 amide bonds. The average Bonchev–Trinajstić information content (AvgIpc) is 3.08. The van der Waals surface area contributed by atoms with Gasteiger partial charge in [0.05, 0.1) is 17.2 Å². The summed E-state index contributed by atoms with van der Waals surface area (Å²) in [4.78, 5) is 14.3. The summed E-state index contributed by atoms with van der Waals surface area (Å²) in [6.45, 7) is 5.64. The van der Waals surface area contributed by atoms with E-state index in [1.807, 2.05) is 13.8 Å². The Morgan fingerprint density at radius 3 is 2.36 bits per heavy atom. The third-order valence-corrected chi connectivity index (χ3v) is 6.89. The Morgan fingerprint density at radius 1 is 1.16 bits per heavy atom. The van der Waals surface area contributed by atoms with Crippen LogP contribution in [-0.4, -0.2) is 61.9 Å². The Balaban J connectivity index is 1.92. The number of hydrogen-bond donors (Lipinski definition) is 0. The van der Waals surface area contributed by atoms with Gasteiger partial charge in [0.25, 0.3) is 5.91 Å². The van der Waals surface area contributed by atoms with Crippen molar-refractivity contribution in [1.29, 1.82) is 0 Å². The summed E-state index contributed by atoms with van der Waals surface area (Å²) in [5.41, 5.74) is 0.360. The van der Waals surface area contributed by atoms with Crippen molar-refractivity contribution in [3.63, 3.8) is 0 Å². The molecule has 138 valence electrons. The van der Waals surface area contributed by atoms with Gasteiger partial charge in [0.2, 0.25) is 10.0 Å². The standard InChI is InChI=1S/C17H23ClN2O4S/c1-12-10-20(11-13(2)24-12)25(22,23)16-9-14(5-6-15(16)18)17(21)19-7-3-4-8-19/h5-6,9,12-13H,3-4,7-8,10-11H2,1-2H3. The van der Waals surface area contributed by atoms with Crippen molar-refractivity contribution in [2.45, 2.75) is 43.8 Å². The summed E-state index contributed by atoms with van der Waals surface area (Å²) in [7, 11) is -3.79. The molecule has 0 spiro atoms. The number of halogens is 1. The van der Waals surface area contributed by atoms with E-state index < -0.39 is 10.0 Å². The fourth-order valence-corrected chi connectivity index (χ4v) is 5.49. The van der Waals surface area contributed by atoms with Crippen molar-refractivity contribution in [2.75, 3.05) is 26.2 Å². The molecule has 8 heteroatoms. The highest BCUT2D eigenvalue weighted by molar-refractivity contribution is 7.89. The van der Waals surface area contributed by atoms with Crippen LogP contribution in [0.1, 0.15) is 37.0 Å². The number of carbonyl (C=O) groups excluding carboxylic acids is 1. The number of morpholine rings is 1. The molecule has 2 saturated heterocycles. The number of likely N-dealkylation sites (tertiary alicyclic amines) is 1. The van der Waals surface area contributed by atoms with Crippen molar-refractivity contribution in [3.8, 4) is 0 Å². The van der Waals surface area contributed by atoms with Crippen molar-refractivity contribution >= 4 is 27.5 Å². The minimum absolute atomic E-state index is 0.0134. The van der Waals surface area contributed by atoms with Gasteiger partial charge in [-0.2, -0.15) is 4.31 Å². The first-order chi connectivity index (χ1) is 11.8. The van der Waals surface area contributed by atoms with E-state index in [4.69, 9.17) is 16.3 Å². The predicted molar refractivity (Wildman–Crippen MR) is 95.4 cm³/mol. The number of carbonyl (C=O) groups is 1. The monoisotopic (exact) mass is 386 g/mol. The van der Waals surface area contributed by atoms with Gasteiger partial charge in [-0.1, -0.05) is 11.6 Å². The number of sulfonamides is 1. The van der Waals surface area contributed by atoms with Crippen LogP contribution < -0.4 is 0 Å². The normalized spacial score (nSPS) is 25.3. The number of ether oxygens (including phenoxy) is 1. The molecule has 0 saturated carbocycles. The molecule has 2 atom stereocenters. The van der Waals surface area contributed by atoms with Crippen LogP contribution in [0.4, 0.5) is 0 Å². The Bertz CT molecular complexity index is 752. The molecule has 0 aromatic heterocycles. The Kier molecular flexibility index (Phi) is 5.39. The van der Waals surface area contributed by atoms with Gasteiger partial charge in [0.1, 0.15) is 4.90 Å². The average molecular weight is 387 g/mol. The van der Waals surface area contributed by atoms with Gasteiger partial charge in [-0.25, -0.2) is 8.42 Å². The first-order valence-electron chi connectivity index (χ1n) is 8.53. The predicted octanol–water partition coefficient (Wildman–Crippen LogP) is 2.37. The summed E-state index contributed by atoms with van der Waals surface area (Å²) < 4.78 is 33.1. The Morgan fingerprint density at radius 2 is 1.76 bits per heavy atom. The van der Waals surface area contributed by atoms with E-state index in [-0.39, 0.29) is 41.1 Å². The van der Waals surface area contributed by atoms with E-state index in [0.29, 0.717) is 18.7 Å². The molecule has 0 radical (unpaired) electrons. The molecule has 2 heterocycles. The minimum Gasteiger partial charge on any atom is -0.373 e. The van der Waals surface area contributed by atoms with Gasteiger partial charge >= 0.3 is 0 Å². The highest BCUT2D eigenvalue weighted by Crippen LogP contribution is 2.28. The second-order valence-electron chi connectivity index (χ2n) is 6.72. The van der Waals surface area contributed by atoms with Crippen LogP contribution in [-0.2, 0) is 14.8 Å². The molecule has 1 aromatic rings. The summed E-state index contributed by atoms with van der Waals surface area (Å²) in [5.74, 6) is -0.144. The Labute approximate surface area is 153 Å². The molecular weight excluding hydrogens is 364 g/mol. The molecule has 2 aliphatic rings. The van der Waals surface area contributed by atoms with Crippen LogP contribution in [0, 0.1) is 0 Å². The molecule has 3 rings (SSSR count). The maximum Gasteiger partial charge on any atom is 0.253 e. The molecule has 25 heavy (non-hydrogen) atoms. The number of hydrogen-bond acceptors (Lipinski definition) is 4. The first-order valence-corrected chi connectivity index (χ1v) is 10.4. The van der Waals surface area contributed by atoms with Crippen molar-refractivity contribution in [3.05, 3.63) is 28.8 Å². The number of nitrogens with zero attached hydrogens (tertiary/aromatic N) is 2. The lowest BCUT2D eigenvalue weighted by Crippen LogP contribution is -2.48. The Hall–Kier alpha value is -1.15. The van der Waals surface area contributed by atoms with Crippen LogP contribution in [0.5, 0.6) is 0 Å². The third-order valence-electron chi connectivity index (χ3n) is 4.58. The van der Waals surface area contributed by atoms with Crippen LogP contribution in [0.25, 0.3) is 0 Å². The van der Waals surface area contributed by atoms with Gasteiger partial charge in [-0.05, 0) is 44.9 Å². The molecule has 0 N–H and O–H groups in total. The highest BCUT2D eigenvalue weighted by Gasteiger charge is 2.34. The van der Waals surface area contributed by atoms with Crippen molar-refractivity contribution < 1.29 is 17.9 Å². The van der Waals surface area contributed by atoms with Gasteiger partial charge in [0.15, 0.2) is 0 Å². The minimum atomic E-state index is -3.79. The zero-order valence-corrected chi connectivity index (χ0v) is 16.0. The van der Waals surface area contributed by atoms with E-state index in [0.717, 1.165) is 12.8 Å². The van der Waals surface area contributed by atoms with Gasteiger partial charge in [-0.15, -0.1) is 0 Å². The lowest BCUT2D eigenvalue weighted by molar-refractivity contribution is -0.0440. The van der Waals surface area contributed by atoms with E-state index in [2.05, 4.69) is 0 Å². The van der Waals surface area contributed by atoms with Crippen LogP contribution in [0.15, 0.2) is 23.1 Å². The fourth-order valence-electron chi connectivity index (χ4n) is 3.40. The van der Waals surface area contributed by atoms with Gasteiger partial charge < -0.3 is 9.64 Å². The zero-order chi connectivity index (χ0) is 18.2. The van der Waals surface area contributed by atoms with E-state index in [9.17, 15) is 13.2 Å². The molecule has 2 aliphatic heterocycles. The molecule has 1 aromatic carbocycles. The van der Waals surface area contributed by atoms with E-state index in [1.165, 1.54) is 16.4 Å². The smallest absolute Gasteiger partial charge is 0.253 e. The van der Waals surface area contributed by atoms with Crippen molar-refractivity contribution in [1.82, 2.24) is 9.21 Å². The lowest BCUT2D eigenvalue weighted by atomic mass is 10.2. The van der Waals surface area contributed by atoms with Gasteiger partial charge in [-0.3, -0.25) is 4.79 Å². The zero-order valence-electron chi connectivity index (χ0n) is 14.4. The molecule has 0 aliphatic carbocycles. The highest BCUT2D eigenvalue weighted by atomic mass is 35.5. The number of benzene rings is 1. The third kappa shape index (κ3) is 3.84. The summed E-state index contributed by atoms with van der Waals surface area (Å²) in [6.07, 6.45) is 1.58. The molecule has 0 bridgehead atoms. The maximum atomic E-state index is 13.1. The maximum absolute atomic E-state index is 13.1. The molecular formula is C17H23ClN2O4S. The second kappa shape index (κ2) is 7.23. The molecule has 2 unspecified atom stereocenters. The SMILES string of the molecule is CC1CN(S(=O)(=O)c2cc(C(=O)N3CCCC3)ccc2Cl)CC(C)O1. The largest absolute Gasteiger partial charge is 0.373 e. The summed E-state index contributed by atoms with van der Waals surface area (Å²) in [6, 6.07) is 4.49. The lowest BCUT2D eigenvalue weighted by Gasteiger charge is -2.34. The second-order valence-corrected chi connectivity index (χ2v) is 9.04. The summed E-state index contributed by atoms with van der Waals surface area (Å²) >= 11 is 6.18.